The van der Waals surface area contributed by atoms with Crippen LogP contribution in [0.25, 0.3) is 28.3 Å². The summed E-state index contributed by atoms with van der Waals surface area (Å²) in [7, 11) is 3.97. The maximum Gasteiger partial charge on any atom is 0.259 e. The number of nitrogens with one attached hydrogen (secondary N) is 1. The van der Waals surface area contributed by atoms with Crippen LogP contribution in [0.5, 0.6) is 0 Å². The highest BCUT2D eigenvalue weighted by molar-refractivity contribution is 6.30. The number of fused-ring (bicyclic) bond motifs is 1. The molecule has 0 radical (unpaired) electrons. The van der Waals surface area contributed by atoms with E-state index in [2.05, 4.69) is 21.8 Å². The van der Waals surface area contributed by atoms with Crippen molar-refractivity contribution in [3.8, 4) is 22.5 Å². The van der Waals surface area contributed by atoms with Crippen LogP contribution in [0.2, 0.25) is 5.02 Å². The van der Waals surface area contributed by atoms with Gasteiger partial charge in [0.15, 0.2) is 0 Å². The van der Waals surface area contributed by atoms with E-state index in [1.165, 1.54) is 5.69 Å². The molecule has 0 bridgehead atoms. The first-order chi connectivity index (χ1) is 19.4. The largest absolute Gasteiger partial charge is 0.338 e. The van der Waals surface area contributed by atoms with Crippen LogP contribution in [0.15, 0.2) is 78.1 Å². The van der Waals surface area contributed by atoms with Crippen molar-refractivity contribution in [2.45, 2.75) is 39.2 Å². The second kappa shape index (κ2) is 13.9. The number of carbonyl (C=O) groups is 1. The lowest BCUT2D eigenvalue weighted by molar-refractivity contribution is 0.112. The van der Waals surface area contributed by atoms with Gasteiger partial charge in [0, 0.05) is 66.9 Å². The third kappa shape index (κ3) is 6.94. The highest BCUT2D eigenvalue weighted by Crippen LogP contribution is 2.25. The molecule has 0 amide bonds. The number of aldehydes is 1. The number of unbranched alkanes of at least 4 members (excludes halogenated alkanes) is 2. The molecule has 208 valence electrons. The summed E-state index contributed by atoms with van der Waals surface area (Å²) < 4.78 is 5.73. The molecule has 0 aliphatic carbocycles. The molecule has 5 rings (SSSR count). The minimum absolute atomic E-state index is 0.140. The fourth-order valence-electron chi connectivity index (χ4n) is 4.45. The number of imidazole rings is 2. The van der Waals surface area contributed by atoms with Crippen LogP contribution in [0.1, 0.15) is 42.2 Å². The molecular formula is C31H35ClN6O2. The van der Waals surface area contributed by atoms with Crippen molar-refractivity contribution in [2.24, 2.45) is 7.05 Å². The molecule has 0 fully saturated rings. The maximum absolute atomic E-state index is 12.9. The lowest BCUT2D eigenvalue weighted by Gasteiger charge is -2.15. The second-order valence-electron chi connectivity index (χ2n) is 9.62. The number of aromatic nitrogens is 5. The van der Waals surface area contributed by atoms with Crippen LogP contribution in [0, 0.1) is 0 Å². The topological polar surface area (TPSA) is 86.2 Å². The highest BCUT2D eigenvalue weighted by Gasteiger charge is 2.15. The minimum Gasteiger partial charge on any atom is -0.338 e. The Kier molecular flexibility index (Phi) is 10.0. The molecule has 0 saturated heterocycles. The number of halogens is 1. The summed E-state index contributed by atoms with van der Waals surface area (Å²) >= 11 is 6.01. The second-order valence-corrected chi connectivity index (χ2v) is 10.1. The van der Waals surface area contributed by atoms with Gasteiger partial charge in [-0.15, -0.1) is 0 Å². The van der Waals surface area contributed by atoms with Crippen molar-refractivity contribution in [1.82, 2.24) is 28.8 Å². The third-order valence-corrected chi connectivity index (χ3v) is 6.98. The van der Waals surface area contributed by atoms with Crippen LogP contribution in [0.4, 0.5) is 0 Å². The van der Waals surface area contributed by atoms with Crippen LogP contribution in [0.3, 0.4) is 0 Å². The summed E-state index contributed by atoms with van der Waals surface area (Å²) in [4.78, 5) is 32.7. The smallest absolute Gasteiger partial charge is 0.259 e. The minimum atomic E-state index is -0.140. The Bertz CT molecular complexity index is 1600. The first kappa shape index (κ1) is 29.0. The van der Waals surface area contributed by atoms with Crippen molar-refractivity contribution < 1.29 is 4.79 Å². The maximum atomic E-state index is 12.9. The summed E-state index contributed by atoms with van der Waals surface area (Å²) in [6, 6.07) is 16.3. The van der Waals surface area contributed by atoms with E-state index in [1.54, 1.807) is 28.8 Å². The Morgan fingerprint density at radius 2 is 1.75 bits per heavy atom. The van der Waals surface area contributed by atoms with Crippen LogP contribution >= 0.6 is 11.6 Å². The number of benzene rings is 2. The Labute approximate surface area is 239 Å². The first-order valence-corrected chi connectivity index (χ1v) is 13.9. The molecule has 3 heterocycles. The summed E-state index contributed by atoms with van der Waals surface area (Å²) in [5.41, 5.74) is 5.04. The molecule has 0 aliphatic rings. The van der Waals surface area contributed by atoms with Gasteiger partial charge in [0.1, 0.15) is 6.29 Å². The lowest BCUT2D eigenvalue weighted by atomic mass is 10.1. The van der Waals surface area contributed by atoms with Crippen molar-refractivity contribution in [3.63, 3.8) is 0 Å². The molecule has 0 unspecified atom stereocenters. The van der Waals surface area contributed by atoms with E-state index in [9.17, 15) is 9.59 Å². The molecule has 0 atom stereocenters. The molecule has 0 saturated carbocycles. The molecule has 40 heavy (non-hydrogen) atoms. The predicted octanol–water partition coefficient (Wildman–Crippen LogP) is 5.67. The molecule has 5 aromatic rings. The van der Waals surface area contributed by atoms with E-state index >= 15 is 0 Å². The molecule has 8 nitrogen and oxygen atoms in total. The Morgan fingerprint density at radius 3 is 2.38 bits per heavy atom. The number of hydrogen-bond acceptors (Lipinski definition) is 5. The number of rotatable bonds is 10. The number of hydrogen-bond donors (Lipinski definition) is 1. The van der Waals surface area contributed by atoms with Crippen molar-refractivity contribution in [3.05, 3.63) is 100.0 Å². The third-order valence-electron chi connectivity index (χ3n) is 6.73. The summed E-state index contributed by atoms with van der Waals surface area (Å²) in [5.74, 6) is 0.609. The van der Waals surface area contributed by atoms with Gasteiger partial charge in [-0.25, -0.2) is 9.97 Å². The lowest BCUT2D eigenvalue weighted by Crippen LogP contribution is -2.18. The van der Waals surface area contributed by atoms with E-state index in [1.807, 2.05) is 67.6 Å². The van der Waals surface area contributed by atoms with Gasteiger partial charge in [0.25, 0.3) is 5.56 Å². The monoisotopic (exact) mass is 558 g/mol. The van der Waals surface area contributed by atoms with E-state index in [0.29, 0.717) is 16.4 Å². The number of aryl methyl sites for hydroxylation is 2. The van der Waals surface area contributed by atoms with E-state index < -0.39 is 0 Å². The molecule has 0 spiro atoms. The molecule has 3 aromatic heterocycles. The molecule has 2 aromatic carbocycles. The predicted molar refractivity (Wildman–Crippen MR) is 161 cm³/mol. The van der Waals surface area contributed by atoms with E-state index in [0.717, 1.165) is 67.6 Å². The highest BCUT2D eigenvalue weighted by atomic mass is 35.5. The summed E-state index contributed by atoms with van der Waals surface area (Å²) in [5, 5.41) is 3.75. The van der Waals surface area contributed by atoms with Gasteiger partial charge in [0.05, 0.1) is 17.7 Å². The van der Waals surface area contributed by atoms with Gasteiger partial charge in [-0.05, 0) is 31.2 Å². The molecular weight excluding hydrogens is 524 g/mol. The zero-order valence-electron chi connectivity index (χ0n) is 23.2. The SMILES string of the molecule is CCCCCn1c(-c2ccc(C=O)cc2)cc(=O)n2cc(-c3ccc(Cl)cc3)nc12.CNCCc1cncn1C. The fourth-order valence-corrected chi connectivity index (χ4v) is 4.57. The number of carbonyl (C=O) groups excluding carboxylic acids is 1. The van der Waals surface area contributed by atoms with E-state index in [-0.39, 0.29) is 5.56 Å². The Hall–Kier alpha value is -4.01. The van der Waals surface area contributed by atoms with Crippen LogP contribution < -0.4 is 10.9 Å². The molecule has 9 heteroatoms. The zero-order valence-corrected chi connectivity index (χ0v) is 23.9. The standard InChI is InChI=1S/C24H22ClN3O2.C7H13N3/c1-2-3-4-13-27-22(19-7-5-17(16-29)6-8-19)14-23(30)28-15-21(26-24(27)28)18-9-11-20(25)12-10-18;1-8-4-3-7-5-9-6-10(7)2/h5-12,14-16H,2-4,13H2,1H3;5-6,8H,3-4H2,1-2H3. The van der Waals surface area contributed by atoms with E-state index in [4.69, 9.17) is 16.6 Å². The normalized spacial score (nSPS) is 10.9. The van der Waals surface area contributed by atoms with Gasteiger partial charge in [-0.1, -0.05) is 67.8 Å². The average molecular weight is 559 g/mol. The van der Waals surface area contributed by atoms with Crippen LogP contribution in [-0.4, -0.2) is 43.4 Å². The number of likely N-dealkylation sites (N-methyl/N-ethyl adjacent to an activating group) is 1. The number of nitrogens with zero attached hydrogens (tertiary/aromatic N) is 5. The van der Waals surface area contributed by atoms with Gasteiger partial charge in [-0.3, -0.25) is 14.0 Å². The summed E-state index contributed by atoms with van der Waals surface area (Å²) in [6.07, 6.45) is 10.5. The zero-order chi connectivity index (χ0) is 28.5. The molecule has 1 N–H and O–H groups in total. The van der Waals surface area contributed by atoms with Gasteiger partial charge in [0.2, 0.25) is 5.78 Å². The van der Waals surface area contributed by atoms with Crippen LogP contribution in [-0.2, 0) is 20.0 Å². The van der Waals surface area contributed by atoms with Gasteiger partial charge < -0.3 is 14.5 Å². The first-order valence-electron chi connectivity index (χ1n) is 13.5. The van der Waals surface area contributed by atoms with Gasteiger partial charge >= 0.3 is 0 Å². The molecule has 0 aliphatic heterocycles. The Morgan fingerprint density at radius 1 is 1.02 bits per heavy atom. The fraction of sp³-hybridized carbons (Fsp3) is 0.290. The van der Waals surface area contributed by atoms with Crippen molar-refractivity contribution in [1.29, 1.82) is 0 Å². The summed E-state index contributed by atoms with van der Waals surface area (Å²) in [6.45, 7) is 3.92. The quantitative estimate of drug-likeness (QED) is 0.176. The van der Waals surface area contributed by atoms with Crippen molar-refractivity contribution in [2.75, 3.05) is 13.6 Å². The van der Waals surface area contributed by atoms with Crippen molar-refractivity contribution >= 4 is 23.7 Å². The average Bonchev–Trinajstić information content (AvgIpc) is 3.61. The van der Waals surface area contributed by atoms with Gasteiger partial charge in [-0.2, -0.15) is 0 Å². The Balaban J connectivity index is 0.000000312.